The van der Waals surface area contributed by atoms with Gasteiger partial charge in [0.05, 0.1) is 24.0 Å². The van der Waals surface area contributed by atoms with Gasteiger partial charge in [-0.3, -0.25) is 9.59 Å². The molecule has 27 heavy (non-hydrogen) atoms. The normalized spacial score (nSPS) is 25.0. The minimum atomic E-state index is -0.382. The van der Waals surface area contributed by atoms with Gasteiger partial charge in [0, 0.05) is 0 Å². The summed E-state index contributed by atoms with van der Waals surface area (Å²) in [5, 5.41) is 0. The summed E-state index contributed by atoms with van der Waals surface area (Å²) < 4.78 is 10.9. The van der Waals surface area contributed by atoms with Crippen molar-refractivity contribution in [3.05, 3.63) is 25.3 Å². The fourth-order valence-electron chi connectivity index (χ4n) is 4.35. The summed E-state index contributed by atoms with van der Waals surface area (Å²) in [5.41, 5.74) is -0.765. The van der Waals surface area contributed by atoms with E-state index in [4.69, 9.17) is 9.47 Å². The van der Waals surface area contributed by atoms with Gasteiger partial charge in [0.15, 0.2) is 0 Å². The number of ether oxygens (including phenoxy) is 2. The first-order chi connectivity index (χ1) is 13.1. The van der Waals surface area contributed by atoms with E-state index in [1.807, 2.05) is 12.2 Å². The average molecular weight is 377 g/mol. The maximum Gasteiger partial charge on any atom is 0.312 e. The Bertz CT molecular complexity index is 459. The van der Waals surface area contributed by atoms with Crippen molar-refractivity contribution in [1.82, 2.24) is 0 Å². The highest BCUT2D eigenvalue weighted by atomic mass is 16.5. The van der Waals surface area contributed by atoms with E-state index in [9.17, 15) is 9.59 Å². The zero-order valence-corrected chi connectivity index (χ0v) is 16.8. The molecule has 152 valence electrons. The van der Waals surface area contributed by atoms with Gasteiger partial charge in [-0.15, -0.1) is 13.2 Å². The van der Waals surface area contributed by atoms with Crippen LogP contribution in [0.5, 0.6) is 0 Å². The number of hydrogen-bond acceptors (Lipinski definition) is 4. The quantitative estimate of drug-likeness (QED) is 0.202. The van der Waals surface area contributed by atoms with Gasteiger partial charge in [-0.1, -0.05) is 37.8 Å². The molecule has 0 aliphatic heterocycles. The number of hydrogen-bond donors (Lipinski definition) is 0. The molecule has 4 nitrogen and oxygen atoms in total. The third kappa shape index (κ3) is 5.70. The zero-order chi connectivity index (χ0) is 19.6. The van der Waals surface area contributed by atoms with E-state index >= 15 is 0 Å². The highest BCUT2D eigenvalue weighted by Gasteiger charge is 2.76. The molecule has 0 spiro atoms. The highest BCUT2D eigenvalue weighted by Crippen LogP contribution is 2.74. The van der Waals surface area contributed by atoms with Crippen LogP contribution in [0.25, 0.3) is 0 Å². The number of carbonyl (C=O) groups excluding carboxylic acids is 2. The third-order valence-corrected chi connectivity index (χ3v) is 5.97. The minimum Gasteiger partial charge on any atom is -0.465 e. The lowest BCUT2D eigenvalue weighted by molar-refractivity contribution is -0.237. The van der Waals surface area contributed by atoms with Crippen LogP contribution in [0.1, 0.15) is 83.5 Å². The lowest BCUT2D eigenvalue weighted by Gasteiger charge is -2.66. The van der Waals surface area contributed by atoms with Gasteiger partial charge >= 0.3 is 11.9 Å². The van der Waals surface area contributed by atoms with Crippen LogP contribution in [0, 0.1) is 10.8 Å². The van der Waals surface area contributed by atoms with Crippen molar-refractivity contribution >= 4 is 11.9 Å². The van der Waals surface area contributed by atoms with E-state index in [-0.39, 0.29) is 22.8 Å². The second kappa shape index (κ2) is 10.7. The maximum atomic E-state index is 12.3. The van der Waals surface area contributed by atoms with Crippen molar-refractivity contribution < 1.29 is 19.1 Å². The van der Waals surface area contributed by atoms with E-state index in [1.54, 1.807) is 0 Å². The summed E-state index contributed by atoms with van der Waals surface area (Å²) in [6.45, 7) is 8.42. The van der Waals surface area contributed by atoms with Crippen LogP contribution in [-0.4, -0.2) is 25.2 Å². The van der Waals surface area contributed by atoms with Crippen molar-refractivity contribution in [3.8, 4) is 0 Å². The number of esters is 2. The molecule has 0 aromatic heterocycles. The van der Waals surface area contributed by atoms with E-state index in [2.05, 4.69) is 13.2 Å². The first-order valence-corrected chi connectivity index (χ1v) is 10.6. The molecule has 0 aromatic carbocycles. The maximum absolute atomic E-state index is 12.3. The molecule has 0 unspecified atom stereocenters. The third-order valence-electron chi connectivity index (χ3n) is 5.97. The lowest BCUT2D eigenvalue weighted by atomic mass is 9.35. The van der Waals surface area contributed by atoms with Crippen LogP contribution in [0.3, 0.4) is 0 Å². The molecule has 0 N–H and O–H groups in total. The van der Waals surface area contributed by atoms with E-state index < -0.39 is 0 Å². The Morgan fingerprint density at radius 1 is 0.667 bits per heavy atom. The van der Waals surface area contributed by atoms with Gasteiger partial charge < -0.3 is 9.47 Å². The van der Waals surface area contributed by atoms with Gasteiger partial charge in [-0.25, -0.2) is 0 Å². The Hall–Kier alpha value is -1.58. The summed E-state index contributed by atoms with van der Waals surface area (Å²) >= 11 is 0. The number of unbranched alkanes of at least 4 members (excludes halogenated alkanes) is 8. The number of allylic oxidation sites excluding steroid dienone is 2. The van der Waals surface area contributed by atoms with E-state index in [0.29, 0.717) is 32.5 Å². The number of carbonyl (C=O) groups is 2. The van der Waals surface area contributed by atoms with E-state index in [1.165, 1.54) is 0 Å². The molecule has 3 saturated carbocycles. The predicted octanol–water partition coefficient (Wildman–Crippen LogP) is 5.52. The molecule has 2 bridgehead atoms. The smallest absolute Gasteiger partial charge is 0.312 e. The molecule has 3 aliphatic rings. The predicted molar refractivity (Wildman–Crippen MR) is 107 cm³/mol. The van der Waals surface area contributed by atoms with Gasteiger partial charge in [0.1, 0.15) is 0 Å². The number of rotatable bonds is 16. The van der Waals surface area contributed by atoms with Crippen molar-refractivity contribution in [2.75, 3.05) is 13.2 Å². The van der Waals surface area contributed by atoms with Gasteiger partial charge in [0.25, 0.3) is 0 Å². The largest absolute Gasteiger partial charge is 0.465 e. The summed E-state index contributed by atoms with van der Waals surface area (Å²) in [4.78, 5) is 24.6. The highest BCUT2D eigenvalue weighted by molar-refractivity contribution is 5.91. The Morgan fingerprint density at radius 2 is 1.04 bits per heavy atom. The standard InChI is InChI=1S/C23H36O4/c1-3-5-7-9-11-13-15-26-20(24)22-17-23(18-22,19-22)21(25)27-16-14-12-10-8-6-4-2/h3-4H,1-2,5-19H2. The summed E-state index contributed by atoms with van der Waals surface area (Å²) in [7, 11) is 0. The molecular weight excluding hydrogens is 340 g/mol. The summed E-state index contributed by atoms with van der Waals surface area (Å²) in [6.07, 6.45) is 16.4. The van der Waals surface area contributed by atoms with Crippen LogP contribution in [0.2, 0.25) is 0 Å². The monoisotopic (exact) mass is 376 g/mol. The molecule has 0 aromatic rings. The lowest BCUT2D eigenvalue weighted by Crippen LogP contribution is -2.69. The zero-order valence-electron chi connectivity index (χ0n) is 16.8. The average Bonchev–Trinajstić information content (AvgIpc) is 2.58. The molecule has 3 rings (SSSR count). The summed E-state index contributed by atoms with van der Waals surface area (Å²) in [5.74, 6) is -0.212. The molecule has 0 heterocycles. The molecule has 0 amide bonds. The second-order valence-electron chi connectivity index (χ2n) is 8.35. The van der Waals surface area contributed by atoms with Crippen molar-refractivity contribution in [3.63, 3.8) is 0 Å². The van der Waals surface area contributed by atoms with Gasteiger partial charge in [0.2, 0.25) is 0 Å². The fourth-order valence-corrected chi connectivity index (χ4v) is 4.35. The Labute approximate surface area is 164 Å². The van der Waals surface area contributed by atoms with Crippen molar-refractivity contribution in [2.45, 2.75) is 83.5 Å². The van der Waals surface area contributed by atoms with Crippen LogP contribution in [0.4, 0.5) is 0 Å². The van der Waals surface area contributed by atoms with E-state index in [0.717, 1.165) is 64.2 Å². The Morgan fingerprint density at radius 3 is 1.41 bits per heavy atom. The van der Waals surface area contributed by atoms with Crippen molar-refractivity contribution in [2.24, 2.45) is 10.8 Å². The first-order valence-electron chi connectivity index (χ1n) is 10.6. The molecule has 4 heteroatoms. The van der Waals surface area contributed by atoms with Crippen LogP contribution < -0.4 is 0 Å². The SMILES string of the molecule is C=CCCCCCCOC(=O)C12CC(C(=O)OCCCCCCC=C)(C1)C2. The van der Waals surface area contributed by atoms with Crippen LogP contribution in [-0.2, 0) is 19.1 Å². The van der Waals surface area contributed by atoms with Crippen LogP contribution >= 0.6 is 0 Å². The van der Waals surface area contributed by atoms with Crippen LogP contribution in [0.15, 0.2) is 25.3 Å². The van der Waals surface area contributed by atoms with Crippen molar-refractivity contribution in [1.29, 1.82) is 0 Å². The molecule has 0 atom stereocenters. The Kier molecular flexibility index (Phi) is 8.59. The Balaban J connectivity index is 1.51. The van der Waals surface area contributed by atoms with Gasteiger partial charge in [-0.05, 0) is 57.8 Å². The molecule has 0 saturated heterocycles. The molecule has 3 fully saturated rings. The molecular formula is C23H36O4. The topological polar surface area (TPSA) is 52.6 Å². The minimum absolute atomic E-state index is 0.106. The second-order valence-corrected chi connectivity index (χ2v) is 8.35. The van der Waals surface area contributed by atoms with Gasteiger partial charge in [-0.2, -0.15) is 0 Å². The molecule has 0 radical (unpaired) electrons. The first kappa shape index (κ1) is 21.7. The summed E-state index contributed by atoms with van der Waals surface area (Å²) in [6, 6.07) is 0. The fraction of sp³-hybridized carbons (Fsp3) is 0.739. The molecule has 3 aliphatic carbocycles.